The van der Waals surface area contributed by atoms with Crippen LogP contribution in [0.5, 0.6) is 0 Å². The van der Waals surface area contributed by atoms with Crippen LogP contribution in [0.15, 0.2) is 66.7 Å². The van der Waals surface area contributed by atoms with Crippen LogP contribution < -0.4 is 10.6 Å². The summed E-state index contributed by atoms with van der Waals surface area (Å²) in [5.41, 5.74) is 6.83. The van der Waals surface area contributed by atoms with Crippen molar-refractivity contribution in [3.63, 3.8) is 0 Å². The lowest BCUT2D eigenvalue weighted by Gasteiger charge is -2.17. The zero-order valence-electron chi connectivity index (χ0n) is 16.2. The Morgan fingerprint density at radius 2 is 1.37 bits per heavy atom. The molecule has 2 N–H and O–H groups in total. The van der Waals surface area contributed by atoms with Gasteiger partial charge in [-0.25, -0.2) is 0 Å². The lowest BCUT2D eigenvalue weighted by Crippen LogP contribution is -2.16. The summed E-state index contributed by atoms with van der Waals surface area (Å²) in [6.07, 6.45) is 1.76. The van der Waals surface area contributed by atoms with E-state index in [4.69, 9.17) is 0 Å². The van der Waals surface area contributed by atoms with Gasteiger partial charge < -0.3 is 10.6 Å². The first-order valence-corrected chi connectivity index (χ1v) is 9.47. The smallest absolute Gasteiger partial charge is 0.257 e. The van der Waals surface area contributed by atoms with E-state index in [0.29, 0.717) is 5.56 Å². The van der Waals surface area contributed by atoms with E-state index >= 15 is 0 Å². The predicted octanol–water partition coefficient (Wildman–Crippen LogP) is 6.12. The number of amides is 1. The van der Waals surface area contributed by atoms with E-state index in [1.807, 2.05) is 42.5 Å². The lowest BCUT2D eigenvalue weighted by molar-refractivity contribution is 0.102. The van der Waals surface area contributed by atoms with Crippen molar-refractivity contribution in [1.82, 2.24) is 0 Å². The highest BCUT2D eigenvalue weighted by Gasteiger charge is 2.15. The average molecular weight is 358 g/mol. The van der Waals surface area contributed by atoms with Gasteiger partial charge in [0, 0.05) is 11.4 Å². The maximum Gasteiger partial charge on any atom is 0.257 e. The van der Waals surface area contributed by atoms with Gasteiger partial charge in [0.15, 0.2) is 0 Å². The maximum atomic E-state index is 13.1. The Kier molecular flexibility index (Phi) is 5.92. The Labute approximate surface area is 161 Å². The molecular weight excluding hydrogens is 332 g/mol. The van der Waals surface area contributed by atoms with Crippen LogP contribution in [0.1, 0.15) is 40.9 Å². The number of rotatable bonds is 6. The van der Waals surface area contributed by atoms with Gasteiger partial charge in [-0.2, -0.15) is 0 Å². The maximum absolute atomic E-state index is 13.1. The first-order valence-electron chi connectivity index (χ1n) is 9.47. The number of hydrogen-bond acceptors (Lipinski definition) is 2. The van der Waals surface area contributed by atoms with Gasteiger partial charge in [0.05, 0.1) is 11.3 Å². The Balaban J connectivity index is 1.92. The standard InChI is InChI=1S/C24H26N2O/c1-4-18-12-10-13-19(5-2)23(18)26-24(27)20-14-7-9-16-22(20)25-21-15-8-6-11-17(21)3/h6-16,25H,4-5H2,1-3H3,(H,26,27). The SMILES string of the molecule is CCc1cccc(CC)c1NC(=O)c1ccccc1Nc1ccccc1C. The summed E-state index contributed by atoms with van der Waals surface area (Å²) in [6.45, 7) is 6.27. The van der Waals surface area contributed by atoms with Crippen molar-refractivity contribution in [2.45, 2.75) is 33.6 Å². The minimum absolute atomic E-state index is 0.0951. The molecule has 3 aromatic carbocycles. The van der Waals surface area contributed by atoms with Crippen LogP contribution in [0.4, 0.5) is 17.1 Å². The third-order valence-corrected chi connectivity index (χ3v) is 4.82. The molecule has 0 saturated heterocycles. The summed E-state index contributed by atoms with van der Waals surface area (Å²) in [5.74, 6) is -0.0951. The van der Waals surface area contributed by atoms with Crippen molar-refractivity contribution in [3.05, 3.63) is 89.0 Å². The van der Waals surface area contributed by atoms with Crippen molar-refractivity contribution in [2.24, 2.45) is 0 Å². The molecule has 0 spiro atoms. The summed E-state index contributed by atoms with van der Waals surface area (Å²) >= 11 is 0. The van der Waals surface area contributed by atoms with Crippen LogP contribution in [0, 0.1) is 6.92 Å². The van der Waals surface area contributed by atoms with Crippen LogP contribution in [-0.2, 0) is 12.8 Å². The number of carbonyl (C=O) groups excluding carboxylic acids is 1. The van der Waals surface area contributed by atoms with Crippen molar-refractivity contribution in [2.75, 3.05) is 10.6 Å². The quantitative estimate of drug-likeness (QED) is 0.558. The molecule has 3 rings (SSSR count). The summed E-state index contributed by atoms with van der Waals surface area (Å²) in [6, 6.07) is 21.9. The van der Waals surface area contributed by atoms with Gasteiger partial charge in [0.25, 0.3) is 5.91 Å². The number of anilines is 3. The molecule has 0 bridgehead atoms. The highest BCUT2D eigenvalue weighted by atomic mass is 16.1. The molecule has 0 atom stereocenters. The van der Waals surface area contributed by atoms with Crippen LogP contribution in [-0.4, -0.2) is 5.91 Å². The van der Waals surface area contributed by atoms with Crippen LogP contribution in [0.2, 0.25) is 0 Å². The van der Waals surface area contributed by atoms with E-state index < -0.39 is 0 Å². The number of nitrogens with one attached hydrogen (secondary N) is 2. The van der Waals surface area contributed by atoms with E-state index in [0.717, 1.165) is 46.6 Å². The van der Waals surface area contributed by atoms with Crippen molar-refractivity contribution in [3.8, 4) is 0 Å². The second kappa shape index (κ2) is 8.54. The minimum Gasteiger partial charge on any atom is -0.355 e. The molecule has 1 amide bonds. The molecule has 3 aromatic rings. The molecule has 138 valence electrons. The minimum atomic E-state index is -0.0951. The van der Waals surface area contributed by atoms with Gasteiger partial charge in [-0.15, -0.1) is 0 Å². The fraction of sp³-hybridized carbons (Fsp3) is 0.208. The molecule has 0 saturated carbocycles. The summed E-state index contributed by atoms with van der Waals surface area (Å²) in [7, 11) is 0. The Hall–Kier alpha value is -3.07. The van der Waals surface area contributed by atoms with E-state index in [1.165, 1.54) is 0 Å². The van der Waals surface area contributed by atoms with Gasteiger partial charge >= 0.3 is 0 Å². The molecule has 0 fully saturated rings. The number of para-hydroxylation sites is 3. The van der Waals surface area contributed by atoms with Crippen molar-refractivity contribution < 1.29 is 4.79 Å². The summed E-state index contributed by atoms with van der Waals surface area (Å²) in [4.78, 5) is 13.1. The van der Waals surface area contributed by atoms with Gasteiger partial charge in [-0.1, -0.05) is 62.4 Å². The number of carbonyl (C=O) groups is 1. The fourth-order valence-corrected chi connectivity index (χ4v) is 3.23. The molecule has 27 heavy (non-hydrogen) atoms. The molecule has 0 radical (unpaired) electrons. The summed E-state index contributed by atoms with van der Waals surface area (Å²) < 4.78 is 0. The van der Waals surface area contributed by atoms with Crippen LogP contribution in [0.3, 0.4) is 0 Å². The number of hydrogen-bond donors (Lipinski definition) is 2. The van der Waals surface area contributed by atoms with E-state index in [9.17, 15) is 4.79 Å². The second-order valence-corrected chi connectivity index (χ2v) is 6.60. The summed E-state index contributed by atoms with van der Waals surface area (Å²) in [5, 5.41) is 6.56. The second-order valence-electron chi connectivity index (χ2n) is 6.60. The van der Waals surface area contributed by atoms with Crippen LogP contribution in [0.25, 0.3) is 0 Å². The largest absolute Gasteiger partial charge is 0.355 e. The number of aryl methyl sites for hydroxylation is 3. The van der Waals surface area contributed by atoms with Gasteiger partial charge in [-0.05, 0) is 54.7 Å². The molecule has 0 aliphatic rings. The van der Waals surface area contributed by atoms with Gasteiger partial charge in [-0.3, -0.25) is 4.79 Å². The Bertz CT molecular complexity index is 924. The first-order chi connectivity index (χ1) is 13.1. The predicted molar refractivity (Wildman–Crippen MR) is 114 cm³/mol. The van der Waals surface area contributed by atoms with E-state index in [1.54, 1.807) is 0 Å². The molecule has 3 heteroatoms. The molecular formula is C24H26N2O. The third kappa shape index (κ3) is 4.20. The molecule has 0 aliphatic carbocycles. The van der Waals surface area contributed by atoms with Crippen molar-refractivity contribution in [1.29, 1.82) is 0 Å². The first kappa shape index (κ1) is 18.7. The molecule has 0 aromatic heterocycles. The van der Waals surface area contributed by atoms with Crippen molar-refractivity contribution >= 4 is 23.0 Å². The lowest BCUT2D eigenvalue weighted by atomic mass is 10.0. The van der Waals surface area contributed by atoms with E-state index in [-0.39, 0.29) is 5.91 Å². The van der Waals surface area contributed by atoms with E-state index in [2.05, 4.69) is 55.7 Å². The van der Waals surface area contributed by atoms with Gasteiger partial charge in [0.2, 0.25) is 0 Å². The Morgan fingerprint density at radius 1 is 0.778 bits per heavy atom. The normalized spacial score (nSPS) is 10.5. The molecule has 0 heterocycles. The van der Waals surface area contributed by atoms with Crippen LogP contribution >= 0.6 is 0 Å². The zero-order valence-corrected chi connectivity index (χ0v) is 16.2. The number of benzene rings is 3. The third-order valence-electron chi connectivity index (χ3n) is 4.82. The highest BCUT2D eigenvalue weighted by Crippen LogP contribution is 2.27. The molecule has 0 unspecified atom stereocenters. The fourth-order valence-electron chi connectivity index (χ4n) is 3.23. The average Bonchev–Trinajstić information content (AvgIpc) is 2.70. The van der Waals surface area contributed by atoms with Gasteiger partial charge in [0.1, 0.15) is 0 Å². The zero-order chi connectivity index (χ0) is 19.2. The highest BCUT2D eigenvalue weighted by molar-refractivity contribution is 6.09. The molecule has 3 nitrogen and oxygen atoms in total. The monoisotopic (exact) mass is 358 g/mol. The Morgan fingerprint density at radius 3 is 2.00 bits per heavy atom. The topological polar surface area (TPSA) is 41.1 Å². The molecule has 0 aliphatic heterocycles.